The van der Waals surface area contributed by atoms with Crippen molar-refractivity contribution in [2.75, 3.05) is 6.61 Å². The maximum atomic E-state index is 13.8. The molecule has 2 rings (SSSR count). The summed E-state index contributed by atoms with van der Waals surface area (Å²) in [4.78, 5) is 12.2. The largest absolute Gasteiger partial charge is 0.384 e. The number of nitrogens with one attached hydrogen (secondary N) is 1. The summed E-state index contributed by atoms with van der Waals surface area (Å²) in [7, 11) is 0. The molecule has 1 fully saturated rings. The molecule has 1 aliphatic carbocycles. The van der Waals surface area contributed by atoms with E-state index in [0.29, 0.717) is 11.5 Å². The number of aliphatic hydroxyl groups excluding tert-OH is 1. The van der Waals surface area contributed by atoms with Crippen LogP contribution in [-0.2, 0) is 0 Å². The second-order valence-corrected chi connectivity index (χ2v) is 5.46. The van der Waals surface area contributed by atoms with Crippen molar-refractivity contribution in [1.29, 1.82) is 0 Å². The quantitative estimate of drug-likeness (QED) is 0.840. The van der Waals surface area contributed by atoms with Crippen LogP contribution in [0.25, 0.3) is 0 Å². The molecule has 1 aromatic carbocycles. The highest BCUT2D eigenvalue weighted by molar-refractivity contribution is 5.95. The van der Waals surface area contributed by atoms with Crippen LogP contribution >= 0.6 is 0 Å². The van der Waals surface area contributed by atoms with Crippen LogP contribution < -0.4 is 5.32 Å². The van der Waals surface area contributed by atoms with Crippen LogP contribution in [0.4, 0.5) is 4.39 Å². The molecule has 2 N–H and O–H groups in total. The first-order valence-electron chi connectivity index (χ1n) is 7.32. The maximum Gasteiger partial charge on any atom is 0.254 e. The summed E-state index contributed by atoms with van der Waals surface area (Å²) in [5.74, 6) is 4.69. The summed E-state index contributed by atoms with van der Waals surface area (Å²) >= 11 is 0. The Morgan fingerprint density at radius 3 is 2.86 bits per heavy atom. The number of hydrogen-bond donors (Lipinski definition) is 2. The Bertz CT molecular complexity index is 568. The SMILES string of the molecule is CC(NC(=O)c1cc(C#CCO)ccc1F)C1CCCC1. The van der Waals surface area contributed by atoms with Gasteiger partial charge in [-0.05, 0) is 43.9 Å². The molecule has 4 heteroatoms. The first-order chi connectivity index (χ1) is 10.1. The fraction of sp³-hybridized carbons (Fsp3) is 0.471. The molecule has 0 heterocycles. The number of benzene rings is 1. The molecule has 1 aliphatic rings. The van der Waals surface area contributed by atoms with Crippen molar-refractivity contribution in [2.24, 2.45) is 5.92 Å². The Hall–Kier alpha value is -1.86. The first-order valence-corrected chi connectivity index (χ1v) is 7.32. The minimum absolute atomic E-state index is 0.00425. The Balaban J connectivity index is 2.10. The molecule has 0 saturated heterocycles. The lowest BCUT2D eigenvalue weighted by atomic mass is 9.99. The number of carbonyl (C=O) groups is 1. The van der Waals surface area contributed by atoms with Gasteiger partial charge in [-0.25, -0.2) is 4.39 Å². The summed E-state index contributed by atoms with van der Waals surface area (Å²) in [6, 6.07) is 4.20. The predicted molar refractivity (Wildman–Crippen MR) is 79.3 cm³/mol. The van der Waals surface area contributed by atoms with Crippen molar-refractivity contribution in [3.8, 4) is 11.8 Å². The third-order valence-electron chi connectivity index (χ3n) is 3.99. The molecule has 0 bridgehead atoms. The van der Waals surface area contributed by atoms with Crippen molar-refractivity contribution >= 4 is 5.91 Å². The highest BCUT2D eigenvalue weighted by Gasteiger charge is 2.24. The van der Waals surface area contributed by atoms with Gasteiger partial charge in [-0.15, -0.1) is 0 Å². The van der Waals surface area contributed by atoms with Gasteiger partial charge in [0.2, 0.25) is 0 Å². The molecular formula is C17H20FNO2. The molecule has 0 spiro atoms. The lowest BCUT2D eigenvalue weighted by molar-refractivity contribution is 0.0923. The standard InChI is InChI=1S/C17H20FNO2/c1-12(14-6-2-3-7-14)19-17(21)15-11-13(5-4-10-20)8-9-16(15)18/h8-9,11-12,14,20H,2-3,6-7,10H2,1H3,(H,19,21). The third kappa shape index (κ3) is 4.05. The van der Waals surface area contributed by atoms with Crippen LogP contribution in [0.5, 0.6) is 0 Å². The normalized spacial score (nSPS) is 16.1. The molecule has 0 aromatic heterocycles. The predicted octanol–water partition coefficient (Wildman–Crippen LogP) is 2.48. The second-order valence-electron chi connectivity index (χ2n) is 5.46. The lowest BCUT2D eigenvalue weighted by Crippen LogP contribution is -2.37. The average molecular weight is 289 g/mol. The van der Waals surface area contributed by atoms with E-state index in [1.54, 1.807) is 0 Å². The molecule has 1 atom stereocenters. The summed E-state index contributed by atoms with van der Waals surface area (Å²) in [5, 5.41) is 11.6. The molecule has 21 heavy (non-hydrogen) atoms. The van der Waals surface area contributed by atoms with Gasteiger partial charge in [0.25, 0.3) is 5.91 Å². The monoisotopic (exact) mass is 289 g/mol. The Labute approximate surface area is 124 Å². The van der Waals surface area contributed by atoms with Crippen LogP contribution in [0.1, 0.15) is 48.5 Å². The van der Waals surface area contributed by atoms with E-state index in [1.807, 2.05) is 6.92 Å². The molecule has 1 aromatic rings. The van der Waals surface area contributed by atoms with E-state index in [0.717, 1.165) is 12.8 Å². The van der Waals surface area contributed by atoms with Crippen LogP contribution in [0.2, 0.25) is 0 Å². The molecule has 1 unspecified atom stereocenters. The molecule has 1 saturated carbocycles. The molecule has 1 amide bonds. The Morgan fingerprint density at radius 1 is 1.48 bits per heavy atom. The van der Waals surface area contributed by atoms with Gasteiger partial charge in [-0.2, -0.15) is 0 Å². The smallest absolute Gasteiger partial charge is 0.254 e. The fourth-order valence-corrected chi connectivity index (χ4v) is 2.78. The van der Waals surface area contributed by atoms with Gasteiger partial charge < -0.3 is 10.4 Å². The zero-order chi connectivity index (χ0) is 15.2. The van der Waals surface area contributed by atoms with Crippen molar-refractivity contribution in [3.05, 3.63) is 35.1 Å². The van der Waals surface area contributed by atoms with Crippen LogP contribution in [0.15, 0.2) is 18.2 Å². The Morgan fingerprint density at radius 2 is 2.19 bits per heavy atom. The maximum absolute atomic E-state index is 13.8. The highest BCUT2D eigenvalue weighted by Crippen LogP contribution is 2.27. The van der Waals surface area contributed by atoms with E-state index in [-0.39, 0.29) is 18.2 Å². The van der Waals surface area contributed by atoms with Crippen molar-refractivity contribution in [1.82, 2.24) is 5.32 Å². The van der Waals surface area contributed by atoms with E-state index in [2.05, 4.69) is 17.2 Å². The number of halogens is 1. The highest BCUT2D eigenvalue weighted by atomic mass is 19.1. The van der Waals surface area contributed by atoms with Gasteiger partial charge in [0.05, 0.1) is 5.56 Å². The molecule has 0 radical (unpaired) electrons. The van der Waals surface area contributed by atoms with Gasteiger partial charge in [-0.3, -0.25) is 4.79 Å². The third-order valence-corrected chi connectivity index (χ3v) is 3.99. The Kier molecular flexibility index (Phi) is 5.35. The summed E-state index contributed by atoms with van der Waals surface area (Å²) < 4.78 is 13.8. The van der Waals surface area contributed by atoms with Gasteiger partial charge in [-0.1, -0.05) is 24.7 Å². The zero-order valence-corrected chi connectivity index (χ0v) is 12.2. The lowest BCUT2D eigenvalue weighted by Gasteiger charge is -2.20. The number of aliphatic hydroxyl groups is 1. The summed E-state index contributed by atoms with van der Waals surface area (Å²) in [6.45, 7) is 1.71. The van der Waals surface area contributed by atoms with E-state index in [1.165, 1.54) is 31.0 Å². The van der Waals surface area contributed by atoms with Gasteiger partial charge in [0.15, 0.2) is 0 Å². The molecule has 0 aliphatic heterocycles. The summed E-state index contributed by atoms with van der Waals surface area (Å²) in [5.41, 5.74) is 0.522. The molecule has 112 valence electrons. The van der Waals surface area contributed by atoms with Gasteiger partial charge in [0.1, 0.15) is 12.4 Å². The number of rotatable bonds is 3. The van der Waals surface area contributed by atoms with E-state index >= 15 is 0 Å². The fourth-order valence-electron chi connectivity index (χ4n) is 2.78. The average Bonchev–Trinajstić information content (AvgIpc) is 3.00. The zero-order valence-electron chi connectivity index (χ0n) is 12.2. The number of carbonyl (C=O) groups excluding carboxylic acids is 1. The minimum atomic E-state index is -0.555. The number of amides is 1. The van der Waals surface area contributed by atoms with Gasteiger partial charge >= 0.3 is 0 Å². The van der Waals surface area contributed by atoms with Gasteiger partial charge in [0, 0.05) is 11.6 Å². The van der Waals surface area contributed by atoms with E-state index in [4.69, 9.17) is 5.11 Å². The minimum Gasteiger partial charge on any atom is -0.384 e. The van der Waals surface area contributed by atoms with Crippen LogP contribution in [-0.4, -0.2) is 23.7 Å². The number of hydrogen-bond acceptors (Lipinski definition) is 2. The summed E-state index contributed by atoms with van der Waals surface area (Å²) in [6.07, 6.45) is 4.63. The van der Waals surface area contributed by atoms with E-state index in [9.17, 15) is 9.18 Å². The molecule has 3 nitrogen and oxygen atoms in total. The first kappa shape index (κ1) is 15.5. The van der Waals surface area contributed by atoms with Crippen molar-refractivity contribution < 1.29 is 14.3 Å². The topological polar surface area (TPSA) is 49.3 Å². The van der Waals surface area contributed by atoms with Crippen molar-refractivity contribution in [3.63, 3.8) is 0 Å². The van der Waals surface area contributed by atoms with E-state index < -0.39 is 11.7 Å². The van der Waals surface area contributed by atoms with Crippen molar-refractivity contribution in [2.45, 2.75) is 38.6 Å². The van der Waals surface area contributed by atoms with Crippen LogP contribution in [0, 0.1) is 23.6 Å². The molecular weight excluding hydrogens is 269 g/mol. The second kappa shape index (κ2) is 7.24. The van der Waals surface area contributed by atoms with Crippen LogP contribution in [0.3, 0.4) is 0 Å².